The summed E-state index contributed by atoms with van der Waals surface area (Å²) in [6.45, 7) is 0.0756. The predicted molar refractivity (Wildman–Crippen MR) is 105 cm³/mol. The number of para-hydroxylation sites is 1. The number of anilines is 1. The van der Waals surface area contributed by atoms with E-state index in [0.29, 0.717) is 5.69 Å². The maximum Gasteiger partial charge on any atom is 0.394 e. The van der Waals surface area contributed by atoms with E-state index in [0.717, 1.165) is 9.78 Å². The molecule has 0 saturated carbocycles. The number of thiophene rings is 1. The number of urea groups is 1. The van der Waals surface area contributed by atoms with Crippen LogP contribution in [0.3, 0.4) is 0 Å². The second-order valence-electron chi connectivity index (χ2n) is 6.45. The van der Waals surface area contributed by atoms with Gasteiger partial charge in [-0.3, -0.25) is 4.79 Å². The maximum atomic E-state index is 13.0. The fourth-order valence-corrected chi connectivity index (χ4v) is 4.08. The van der Waals surface area contributed by atoms with Gasteiger partial charge in [-0.05, 0) is 30.0 Å². The molecule has 1 aliphatic heterocycles. The monoisotopic (exact) mass is 417 g/mol. The fraction of sp³-hybridized carbons (Fsp3) is 0.263. The Hall–Kier alpha value is -3.40. The zero-order valence-corrected chi connectivity index (χ0v) is 16.0. The molecule has 2 aromatic rings. The molecule has 0 bridgehead atoms. The van der Waals surface area contributed by atoms with Crippen LogP contribution in [0.4, 0.5) is 10.5 Å². The number of carboxylic acid groups (broad SMARTS) is 2. The van der Waals surface area contributed by atoms with E-state index in [2.05, 4.69) is 5.32 Å². The molecular weight excluding hydrogens is 398 g/mol. The van der Waals surface area contributed by atoms with E-state index in [-0.39, 0.29) is 19.5 Å². The molecule has 29 heavy (non-hydrogen) atoms. The first kappa shape index (κ1) is 20.3. The minimum Gasteiger partial charge on any atom is -0.480 e. The van der Waals surface area contributed by atoms with E-state index in [1.807, 2.05) is 17.5 Å². The largest absolute Gasteiger partial charge is 0.480 e. The molecule has 152 valence electrons. The van der Waals surface area contributed by atoms with Crippen LogP contribution in [-0.4, -0.2) is 62.5 Å². The van der Waals surface area contributed by atoms with Crippen molar-refractivity contribution in [3.05, 3.63) is 52.7 Å². The third-order valence-corrected chi connectivity index (χ3v) is 5.52. The van der Waals surface area contributed by atoms with Crippen molar-refractivity contribution < 1.29 is 29.4 Å². The van der Waals surface area contributed by atoms with Gasteiger partial charge in [-0.15, -0.1) is 11.3 Å². The Labute approximate surface area is 170 Å². The number of amides is 3. The lowest BCUT2D eigenvalue weighted by atomic mass is 10.1. The lowest BCUT2D eigenvalue weighted by Crippen LogP contribution is -2.54. The number of nitrogens with zero attached hydrogens (tertiary/aromatic N) is 2. The van der Waals surface area contributed by atoms with Gasteiger partial charge in [0.25, 0.3) is 0 Å². The first-order valence-corrected chi connectivity index (χ1v) is 9.68. The Kier molecular flexibility index (Phi) is 6.13. The molecule has 1 aromatic heterocycles. The number of carboxylic acids is 2. The van der Waals surface area contributed by atoms with Crippen LogP contribution in [0.25, 0.3) is 0 Å². The highest BCUT2D eigenvalue weighted by Gasteiger charge is 2.47. The van der Waals surface area contributed by atoms with Crippen LogP contribution >= 0.6 is 11.3 Å². The molecule has 1 aliphatic rings. The molecule has 0 spiro atoms. The van der Waals surface area contributed by atoms with Crippen molar-refractivity contribution in [2.45, 2.75) is 25.0 Å². The number of hydrogen-bond acceptors (Lipinski definition) is 5. The molecule has 1 fully saturated rings. The molecule has 0 aliphatic carbocycles. The van der Waals surface area contributed by atoms with Crippen LogP contribution < -0.4 is 5.32 Å². The van der Waals surface area contributed by atoms with E-state index >= 15 is 0 Å². The van der Waals surface area contributed by atoms with E-state index in [1.54, 1.807) is 30.3 Å². The van der Waals surface area contributed by atoms with Crippen LogP contribution in [0.1, 0.15) is 11.3 Å². The maximum absolute atomic E-state index is 13.0. The average Bonchev–Trinajstić information content (AvgIpc) is 3.35. The highest BCUT2D eigenvalue weighted by atomic mass is 32.1. The summed E-state index contributed by atoms with van der Waals surface area (Å²) in [5.74, 6) is -4.37. The summed E-state index contributed by atoms with van der Waals surface area (Å²) in [4.78, 5) is 50.9. The van der Waals surface area contributed by atoms with Crippen molar-refractivity contribution in [1.29, 1.82) is 0 Å². The molecule has 0 radical (unpaired) electrons. The molecule has 9 nitrogen and oxygen atoms in total. The summed E-state index contributed by atoms with van der Waals surface area (Å²) >= 11 is 1.41. The number of aliphatic carboxylic acids is 2. The first-order chi connectivity index (χ1) is 13.9. The van der Waals surface area contributed by atoms with Crippen LogP contribution in [0.5, 0.6) is 0 Å². The van der Waals surface area contributed by atoms with Gasteiger partial charge in [0.05, 0.1) is 12.6 Å². The fourth-order valence-electron chi connectivity index (χ4n) is 3.38. The second-order valence-corrected chi connectivity index (χ2v) is 7.48. The molecular formula is C19H19N3O6S. The first-order valence-electron chi connectivity index (χ1n) is 8.80. The van der Waals surface area contributed by atoms with Crippen molar-refractivity contribution in [3.63, 3.8) is 0 Å². The average molecular weight is 417 g/mol. The van der Waals surface area contributed by atoms with Crippen molar-refractivity contribution in [2.24, 2.45) is 0 Å². The molecule has 10 heteroatoms. The Bertz CT molecular complexity index is 902. The Balaban J connectivity index is 1.89. The van der Waals surface area contributed by atoms with Gasteiger partial charge < -0.3 is 25.3 Å². The van der Waals surface area contributed by atoms with Crippen molar-refractivity contribution in [3.8, 4) is 0 Å². The Morgan fingerprint density at radius 2 is 1.83 bits per heavy atom. The molecule has 3 N–H and O–H groups in total. The smallest absolute Gasteiger partial charge is 0.394 e. The molecule has 1 saturated heterocycles. The number of nitrogens with one attached hydrogen (secondary N) is 1. The zero-order valence-electron chi connectivity index (χ0n) is 15.2. The predicted octanol–water partition coefficient (Wildman–Crippen LogP) is 1.92. The number of likely N-dealkylation sites (tertiary alicyclic amines) is 1. The summed E-state index contributed by atoms with van der Waals surface area (Å²) in [6, 6.07) is 9.49. The summed E-state index contributed by atoms with van der Waals surface area (Å²) < 4.78 is 0. The summed E-state index contributed by atoms with van der Waals surface area (Å²) in [7, 11) is 0. The van der Waals surface area contributed by atoms with Gasteiger partial charge in [0.1, 0.15) is 0 Å². The normalized spacial score (nSPS) is 18.3. The van der Waals surface area contributed by atoms with Gasteiger partial charge in [-0.1, -0.05) is 24.3 Å². The van der Waals surface area contributed by atoms with E-state index in [4.69, 9.17) is 5.11 Å². The van der Waals surface area contributed by atoms with Crippen molar-refractivity contribution >= 4 is 40.9 Å². The molecule has 3 amide bonds. The van der Waals surface area contributed by atoms with Gasteiger partial charge in [0.2, 0.25) is 0 Å². The topological polar surface area (TPSA) is 127 Å². The lowest BCUT2D eigenvalue weighted by molar-refractivity contribution is -0.160. The summed E-state index contributed by atoms with van der Waals surface area (Å²) in [5.41, 5.74) is 0.539. The second kappa shape index (κ2) is 8.74. The molecule has 0 unspecified atom stereocenters. The van der Waals surface area contributed by atoms with Crippen LogP contribution in [0, 0.1) is 0 Å². The molecule has 3 rings (SSSR count). The molecule has 1 aromatic carbocycles. The van der Waals surface area contributed by atoms with Gasteiger partial charge in [-0.25, -0.2) is 14.4 Å². The van der Waals surface area contributed by atoms with Gasteiger partial charge >= 0.3 is 23.9 Å². The standard InChI is InChI=1S/C19H19N3O6S/c23-16(18(26)27)21-9-8-14(15(21)17(24)25)22(11-13-7-4-10-29-13)19(28)20-12-5-2-1-3-6-12/h1-7,10,14-15H,8-9,11H2,(H,20,28)(H,24,25)(H,26,27)/t14-,15+/m1/s1. The molecule has 2 heterocycles. The van der Waals surface area contributed by atoms with Crippen LogP contribution in [0.15, 0.2) is 47.8 Å². The van der Waals surface area contributed by atoms with Crippen molar-refractivity contribution in [1.82, 2.24) is 9.80 Å². The van der Waals surface area contributed by atoms with Crippen LogP contribution in [0.2, 0.25) is 0 Å². The highest BCUT2D eigenvalue weighted by molar-refractivity contribution is 7.09. The Morgan fingerprint density at radius 3 is 2.41 bits per heavy atom. The van der Waals surface area contributed by atoms with Crippen LogP contribution in [-0.2, 0) is 20.9 Å². The third kappa shape index (κ3) is 4.54. The summed E-state index contributed by atoms with van der Waals surface area (Å²) in [5, 5.41) is 23.3. The number of carbonyl (C=O) groups excluding carboxylic acids is 2. The van der Waals surface area contributed by atoms with Gasteiger partial charge in [0, 0.05) is 17.1 Å². The van der Waals surface area contributed by atoms with E-state index in [1.165, 1.54) is 16.2 Å². The lowest BCUT2D eigenvalue weighted by Gasteiger charge is -2.32. The number of rotatable bonds is 5. The Morgan fingerprint density at radius 1 is 1.10 bits per heavy atom. The van der Waals surface area contributed by atoms with E-state index < -0.39 is 36.0 Å². The van der Waals surface area contributed by atoms with Gasteiger partial charge in [-0.2, -0.15) is 0 Å². The van der Waals surface area contributed by atoms with Gasteiger partial charge in [0.15, 0.2) is 6.04 Å². The number of hydrogen-bond donors (Lipinski definition) is 3. The minimum absolute atomic E-state index is 0.0632. The minimum atomic E-state index is -1.73. The zero-order chi connectivity index (χ0) is 21.0. The molecule has 2 atom stereocenters. The SMILES string of the molecule is O=C(O)C(=O)N1CC[C@@H](N(Cc2cccs2)C(=O)Nc2ccccc2)[C@H]1C(=O)O. The number of carbonyl (C=O) groups is 4. The van der Waals surface area contributed by atoms with E-state index in [9.17, 15) is 24.3 Å². The quantitative estimate of drug-likeness (QED) is 0.638. The van der Waals surface area contributed by atoms with Crippen molar-refractivity contribution in [2.75, 3.05) is 11.9 Å². The number of benzene rings is 1. The third-order valence-electron chi connectivity index (χ3n) is 4.66. The highest BCUT2D eigenvalue weighted by Crippen LogP contribution is 2.27. The summed E-state index contributed by atoms with van der Waals surface area (Å²) in [6.07, 6.45) is 0.156.